The molecular weight excluding hydrogens is 574 g/mol. The standard InChI is InChI=1S/C43H27N3O/c1-3-11-29(12-4-1)41-44-42(30-13-5-2-6-14-30)46-43(45-41)35-18-10-17-33(26-35)31-15-9-16-32(25-31)34-22-21-28-23-24-39-40(37(28)27-34)36-19-7-8-20-38(36)47-39/h1-27H. The molecule has 9 aromatic rings. The van der Waals surface area contributed by atoms with Crippen molar-refractivity contribution in [3.63, 3.8) is 0 Å². The summed E-state index contributed by atoms with van der Waals surface area (Å²) in [5.41, 5.74) is 9.18. The summed E-state index contributed by atoms with van der Waals surface area (Å²) < 4.78 is 6.18. The maximum Gasteiger partial charge on any atom is 0.164 e. The summed E-state index contributed by atoms with van der Waals surface area (Å²) in [6.45, 7) is 0. The fourth-order valence-corrected chi connectivity index (χ4v) is 6.38. The van der Waals surface area contributed by atoms with Crippen LogP contribution in [0.4, 0.5) is 0 Å². The predicted octanol–water partition coefficient (Wildman–Crippen LogP) is 11.3. The van der Waals surface area contributed by atoms with Gasteiger partial charge in [0.2, 0.25) is 0 Å². The largest absolute Gasteiger partial charge is 0.456 e. The van der Waals surface area contributed by atoms with E-state index in [0.717, 1.165) is 60.9 Å². The molecule has 0 saturated heterocycles. The van der Waals surface area contributed by atoms with Crippen LogP contribution in [0.25, 0.3) is 89.1 Å². The number of aromatic nitrogens is 3. The molecule has 0 N–H and O–H groups in total. The number of rotatable bonds is 5. The smallest absolute Gasteiger partial charge is 0.164 e. The van der Waals surface area contributed by atoms with E-state index in [9.17, 15) is 0 Å². The minimum Gasteiger partial charge on any atom is -0.456 e. The van der Waals surface area contributed by atoms with E-state index in [1.165, 1.54) is 10.8 Å². The van der Waals surface area contributed by atoms with Crippen molar-refractivity contribution >= 4 is 32.7 Å². The van der Waals surface area contributed by atoms with Crippen LogP contribution in [0.2, 0.25) is 0 Å². The summed E-state index contributed by atoms with van der Waals surface area (Å²) in [5.74, 6) is 1.94. The Morgan fingerprint density at radius 1 is 0.319 bits per heavy atom. The molecule has 0 radical (unpaired) electrons. The minimum atomic E-state index is 0.640. The quantitative estimate of drug-likeness (QED) is 0.197. The van der Waals surface area contributed by atoms with Gasteiger partial charge in [-0.2, -0.15) is 0 Å². The third-order valence-corrected chi connectivity index (χ3v) is 8.71. The van der Waals surface area contributed by atoms with E-state index in [2.05, 4.69) is 91.0 Å². The Balaban J connectivity index is 1.13. The zero-order chi connectivity index (χ0) is 31.2. The fourth-order valence-electron chi connectivity index (χ4n) is 6.38. The zero-order valence-electron chi connectivity index (χ0n) is 25.3. The van der Waals surface area contributed by atoms with Crippen molar-refractivity contribution in [2.75, 3.05) is 0 Å². The molecule has 0 saturated carbocycles. The second-order valence-electron chi connectivity index (χ2n) is 11.7. The highest BCUT2D eigenvalue weighted by molar-refractivity contribution is 6.19. The average molecular weight is 602 g/mol. The molecule has 0 spiro atoms. The first-order chi connectivity index (χ1) is 23.3. The van der Waals surface area contributed by atoms with E-state index in [0.29, 0.717) is 17.5 Å². The first kappa shape index (κ1) is 27.0. The van der Waals surface area contributed by atoms with Crippen LogP contribution in [0.15, 0.2) is 168 Å². The van der Waals surface area contributed by atoms with Crippen LogP contribution < -0.4 is 0 Å². The van der Waals surface area contributed by atoms with Gasteiger partial charge in [0.25, 0.3) is 0 Å². The molecule has 0 aliphatic carbocycles. The molecule has 4 heteroatoms. The Morgan fingerprint density at radius 3 is 1.47 bits per heavy atom. The van der Waals surface area contributed by atoms with Crippen LogP contribution >= 0.6 is 0 Å². The zero-order valence-corrected chi connectivity index (χ0v) is 25.3. The first-order valence-corrected chi connectivity index (χ1v) is 15.7. The number of para-hydroxylation sites is 1. The monoisotopic (exact) mass is 601 g/mol. The first-order valence-electron chi connectivity index (χ1n) is 15.7. The molecule has 0 aliphatic heterocycles. The van der Waals surface area contributed by atoms with Gasteiger partial charge in [0.15, 0.2) is 17.5 Å². The lowest BCUT2D eigenvalue weighted by Crippen LogP contribution is -2.00. The highest BCUT2D eigenvalue weighted by atomic mass is 16.3. The molecule has 47 heavy (non-hydrogen) atoms. The molecular formula is C43H27N3O. The lowest BCUT2D eigenvalue weighted by atomic mass is 9.95. The van der Waals surface area contributed by atoms with Crippen LogP contribution in [-0.4, -0.2) is 15.0 Å². The van der Waals surface area contributed by atoms with Crippen molar-refractivity contribution in [3.05, 3.63) is 164 Å². The maximum atomic E-state index is 6.18. The Morgan fingerprint density at radius 2 is 0.809 bits per heavy atom. The number of fused-ring (bicyclic) bond motifs is 5. The topological polar surface area (TPSA) is 51.8 Å². The number of benzene rings is 7. The van der Waals surface area contributed by atoms with Gasteiger partial charge < -0.3 is 4.42 Å². The van der Waals surface area contributed by atoms with Crippen molar-refractivity contribution in [1.82, 2.24) is 15.0 Å². The van der Waals surface area contributed by atoms with Crippen LogP contribution in [0.3, 0.4) is 0 Å². The third kappa shape index (κ3) is 4.93. The minimum absolute atomic E-state index is 0.640. The van der Waals surface area contributed by atoms with Crippen molar-refractivity contribution in [3.8, 4) is 56.4 Å². The van der Waals surface area contributed by atoms with Crippen molar-refractivity contribution in [1.29, 1.82) is 0 Å². The van der Waals surface area contributed by atoms with Crippen LogP contribution in [0, 0.1) is 0 Å². The average Bonchev–Trinajstić information content (AvgIpc) is 3.55. The van der Waals surface area contributed by atoms with Crippen LogP contribution in [0.1, 0.15) is 0 Å². The van der Waals surface area contributed by atoms with Gasteiger partial charge in [-0.05, 0) is 63.4 Å². The molecule has 2 aromatic heterocycles. The van der Waals surface area contributed by atoms with Gasteiger partial charge in [0.1, 0.15) is 11.2 Å². The van der Waals surface area contributed by atoms with Gasteiger partial charge in [-0.25, -0.2) is 15.0 Å². The van der Waals surface area contributed by atoms with E-state index in [4.69, 9.17) is 19.4 Å². The lowest BCUT2D eigenvalue weighted by Gasteiger charge is -2.11. The third-order valence-electron chi connectivity index (χ3n) is 8.71. The maximum absolute atomic E-state index is 6.18. The Labute approximate surface area is 271 Å². The van der Waals surface area contributed by atoms with Crippen LogP contribution in [0.5, 0.6) is 0 Å². The molecule has 220 valence electrons. The fraction of sp³-hybridized carbons (Fsp3) is 0. The van der Waals surface area contributed by atoms with Gasteiger partial charge in [0, 0.05) is 27.5 Å². The Kier molecular flexibility index (Phi) is 6.43. The Hall–Kier alpha value is -6.39. The molecule has 0 atom stereocenters. The second-order valence-corrected chi connectivity index (χ2v) is 11.7. The predicted molar refractivity (Wildman–Crippen MR) is 192 cm³/mol. The molecule has 0 amide bonds. The SMILES string of the molecule is c1ccc(-c2nc(-c3ccccc3)nc(-c3cccc(-c4cccc(-c5ccc6ccc7oc8ccccc8c7c6c5)c4)c3)n2)cc1. The molecule has 0 fully saturated rings. The van der Waals surface area contributed by atoms with Gasteiger partial charge in [-0.3, -0.25) is 0 Å². The van der Waals surface area contributed by atoms with E-state index in [-0.39, 0.29) is 0 Å². The van der Waals surface area contributed by atoms with Crippen molar-refractivity contribution in [2.45, 2.75) is 0 Å². The Bertz CT molecular complexity index is 2510. The van der Waals surface area contributed by atoms with E-state index >= 15 is 0 Å². The number of hydrogen-bond acceptors (Lipinski definition) is 4. The van der Waals surface area contributed by atoms with E-state index < -0.39 is 0 Å². The summed E-state index contributed by atoms with van der Waals surface area (Å²) in [5, 5.41) is 4.68. The normalized spacial score (nSPS) is 11.4. The van der Waals surface area contributed by atoms with Gasteiger partial charge in [-0.1, -0.05) is 133 Å². The van der Waals surface area contributed by atoms with Gasteiger partial charge >= 0.3 is 0 Å². The molecule has 0 bridgehead atoms. The number of hydrogen-bond donors (Lipinski definition) is 0. The molecule has 0 unspecified atom stereocenters. The molecule has 0 aliphatic rings. The second kappa shape index (κ2) is 11.2. The molecule has 2 heterocycles. The number of furan rings is 1. The summed E-state index contributed by atoms with van der Waals surface area (Å²) in [6, 6.07) is 56.5. The van der Waals surface area contributed by atoms with E-state index in [1.807, 2.05) is 72.8 Å². The molecule has 9 rings (SSSR count). The summed E-state index contributed by atoms with van der Waals surface area (Å²) in [6.07, 6.45) is 0. The number of nitrogens with zero attached hydrogens (tertiary/aromatic N) is 3. The van der Waals surface area contributed by atoms with Crippen molar-refractivity contribution in [2.24, 2.45) is 0 Å². The van der Waals surface area contributed by atoms with Gasteiger partial charge in [0.05, 0.1) is 0 Å². The summed E-state index contributed by atoms with van der Waals surface area (Å²) in [7, 11) is 0. The van der Waals surface area contributed by atoms with Crippen LogP contribution in [-0.2, 0) is 0 Å². The van der Waals surface area contributed by atoms with Crippen molar-refractivity contribution < 1.29 is 4.42 Å². The molecule has 7 aromatic carbocycles. The summed E-state index contributed by atoms with van der Waals surface area (Å²) in [4.78, 5) is 14.7. The molecule has 4 nitrogen and oxygen atoms in total. The van der Waals surface area contributed by atoms with E-state index in [1.54, 1.807) is 0 Å². The highest BCUT2D eigenvalue weighted by Gasteiger charge is 2.14. The lowest BCUT2D eigenvalue weighted by molar-refractivity contribution is 0.669. The highest BCUT2D eigenvalue weighted by Crippen LogP contribution is 2.37. The summed E-state index contributed by atoms with van der Waals surface area (Å²) >= 11 is 0. The van der Waals surface area contributed by atoms with Gasteiger partial charge in [-0.15, -0.1) is 0 Å².